The molecule has 0 atom stereocenters. The van der Waals surface area contributed by atoms with E-state index in [-0.39, 0.29) is 0 Å². The van der Waals surface area contributed by atoms with E-state index in [0.29, 0.717) is 5.92 Å². The van der Waals surface area contributed by atoms with Gasteiger partial charge in [-0.25, -0.2) is 9.97 Å². The lowest BCUT2D eigenvalue weighted by Gasteiger charge is -2.15. The Morgan fingerprint density at radius 3 is 2.70 bits per heavy atom. The van der Waals surface area contributed by atoms with Crippen LogP contribution in [0.1, 0.15) is 37.3 Å². The Bertz CT molecular complexity index is 623. The number of hydrogen-bond donors (Lipinski definition) is 1. The van der Waals surface area contributed by atoms with Crippen molar-refractivity contribution in [3.63, 3.8) is 0 Å². The van der Waals surface area contributed by atoms with Crippen LogP contribution in [0, 0.1) is 3.57 Å². The molecule has 2 aromatic heterocycles. The van der Waals surface area contributed by atoms with Crippen molar-refractivity contribution >= 4 is 51.3 Å². The fraction of sp³-hybridized carbons (Fsp3) is 0.429. The van der Waals surface area contributed by atoms with Gasteiger partial charge in [-0.15, -0.1) is 11.3 Å². The van der Waals surface area contributed by atoms with Crippen LogP contribution in [0.15, 0.2) is 11.4 Å². The van der Waals surface area contributed by atoms with Crippen molar-refractivity contribution in [2.24, 2.45) is 0 Å². The van der Waals surface area contributed by atoms with Crippen LogP contribution in [0.25, 0.3) is 10.7 Å². The van der Waals surface area contributed by atoms with Gasteiger partial charge in [-0.2, -0.15) is 0 Å². The van der Waals surface area contributed by atoms with E-state index in [1.54, 1.807) is 11.3 Å². The molecule has 0 radical (unpaired) electrons. The van der Waals surface area contributed by atoms with Gasteiger partial charge in [-0.1, -0.05) is 24.4 Å². The quantitative estimate of drug-likeness (QED) is 0.698. The largest absolute Gasteiger partial charge is 0.372 e. The summed E-state index contributed by atoms with van der Waals surface area (Å²) < 4.78 is 1.16. The Morgan fingerprint density at radius 1 is 1.35 bits per heavy atom. The molecule has 1 aliphatic rings. The van der Waals surface area contributed by atoms with Gasteiger partial charge in [0.25, 0.3) is 0 Å². The lowest BCUT2D eigenvalue weighted by atomic mass is 10.0. The molecule has 1 saturated carbocycles. The molecule has 0 unspecified atom stereocenters. The SMILES string of the molecule is CNc1nc(-c2cc(Cl)cs2)nc(C2CCCC2)c1I. The van der Waals surface area contributed by atoms with E-state index in [0.717, 1.165) is 25.1 Å². The minimum atomic E-state index is 0.575. The molecule has 2 aromatic rings. The van der Waals surface area contributed by atoms with Crippen LogP contribution in [-0.4, -0.2) is 17.0 Å². The van der Waals surface area contributed by atoms with Crippen molar-refractivity contribution in [1.29, 1.82) is 0 Å². The van der Waals surface area contributed by atoms with Crippen LogP contribution in [0.4, 0.5) is 5.82 Å². The highest BCUT2D eigenvalue weighted by Gasteiger charge is 2.24. The summed E-state index contributed by atoms with van der Waals surface area (Å²) in [5, 5.41) is 5.86. The third-order valence-electron chi connectivity index (χ3n) is 3.64. The van der Waals surface area contributed by atoms with E-state index in [2.05, 4.69) is 32.9 Å². The molecule has 3 nitrogen and oxygen atoms in total. The molecule has 0 aromatic carbocycles. The molecular weight excluding hydrogens is 405 g/mol. The van der Waals surface area contributed by atoms with Crippen molar-refractivity contribution in [3.8, 4) is 10.7 Å². The van der Waals surface area contributed by atoms with Gasteiger partial charge in [0.1, 0.15) is 5.82 Å². The van der Waals surface area contributed by atoms with E-state index in [4.69, 9.17) is 16.6 Å². The van der Waals surface area contributed by atoms with Crippen LogP contribution >= 0.6 is 45.5 Å². The first-order chi connectivity index (χ1) is 9.69. The molecule has 1 fully saturated rings. The second-order valence-electron chi connectivity index (χ2n) is 4.96. The van der Waals surface area contributed by atoms with Crippen LogP contribution in [0.3, 0.4) is 0 Å². The fourth-order valence-corrected chi connectivity index (χ4v) is 4.60. The number of nitrogens with zero attached hydrogens (tertiary/aromatic N) is 2. The maximum atomic E-state index is 6.02. The van der Waals surface area contributed by atoms with E-state index < -0.39 is 0 Å². The zero-order valence-electron chi connectivity index (χ0n) is 11.1. The lowest BCUT2D eigenvalue weighted by Crippen LogP contribution is -2.07. The fourth-order valence-electron chi connectivity index (χ4n) is 2.64. The number of anilines is 1. The summed E-state index contributed by atoms with van der Waals surface area (Å²) >= 11 is 9.97. The zero-order valence-corrected chi connectivity index (χ0v) is 14.8. The molecule has 3 rings (SSSR count). The number of nitrogens with one attached hydrogen (secondary N) is 1. The molecule has 0 amide bonds. The van der Waals surface area contributed by atoms with Gasteiger partial charge in [0.2, 0.25) is 0 Å². The number of halogens is 2. The second-order valence-corrected chi connectivity index (χ2v) is 7.38. The third-order valence-corrected chi connectivity index (χ3v) is 5.98. The minimum absolute atomic E-state index is 0.575. The summed E-state index contributed by atoms with van der Waals surface area (Å²) in [5.41, 5.74) is 1.20. The monoisotopic (exact) mass is 419 g/mol. The Hall–Kier alpha value is -0.400. The molecular formula is C14H15ClIN3S. The van der Waals surface area contributed by atoms with Gasteiger partial charge in [0, 0.05) is 18.3 Å². The van der Waals surface area contributed by atoms with E-state index in [9.17, 15) is 0 Å². The molecule has 1 aliphatic carbocycles. The number of hydrogen-bond acceptors (Lipinski definition) is 4. The predicted octanol–water partition coefficient (Wildman–Crippen LogP) is 5.16. The van der Waals surface area contributed by atoms with Crippen LogP contribution in [0.5, 0.6) is 0 Å². The Kier molecular flexibility index (Phi) is 4.47. The van der Waals surface area contributed by atoms with E-state index in [1.807, 2.05) is 18.5 Å². The summed E-state index contributed by atoms with van der Waals surface area (Å²) in [4.78, 5) is 10.5. The lowest BCUT2D eigenvalue weighted by molar-refractivity contribution is 0.691. The van der Waals surface area contributed by atoms with Crippen molar-refractivity contribution in [3.05, 3.63) is 25.7 Å². The average Bonchev–Trinajstić information content (AvgIpc) is 3.10. The number of thiophene rings is 1. The average molecular weight is 420 g/mol. The number of aromatic nitrogens is 2. The minimum Gasteiger partial charge on any atom is -0.372 e. The van der Waals surface area contributed by atoms with Gasteiger partial charge >= 0.3 is 0 Å². The van der Waals surface area contributed by atoms with E-state index in [1.165, 1.54) is 31.4 Å². The maximum Gasteiger partial charge on any atom is 0.171 e. The summed E-state index contributed by atoms with van der Waals surface area (Å²) in [6, 6.07) is 1.94. The van der Waals surface area contributed by atoms with Gasteiger partial charge in [0.05, 0.1) is 19.2 Å². The highest BCUT2D eigenvalue weighted by atomic mass is 127. The summed E-state index contributed by atoms with van der Waals surface area (Å²) in [6.07, 6.45) is 5.08. The highest BCUT2D eigenvalue weighted by molar-refractivity contribution is 14.1. The van der Waals surface area contributed by atoms with Crippen molar-refractivity contribution < 1.29 is 0 Å². The zero-order chi connectivity index (χ0) is 14.1. The van der Waals surface area contributed by atoms with E-state index >= 15 is 0 Å². The second kappa shape index (κ2) is 6.15. The summed E-state index contributed by atoms with van der Waals surface area (Å²) in [6.45, 7) is 0. The van der Waals surface area contributed by atoms with Crippen LogP contribution in [-0.2, 0) is 0 Å². The highest BCUT2D eigenvalue weighted by Crippen LogP contribution is 2.38. The van der Waals surface area contributed by atoms with Crippen LogP contribution < -0.4 is 5.32 Å². The molecule has 2 heterocycles. The number of rotatable bonds is 3. The first kappa shape index (κ1) is 14.5. The van der Waals surface area contributed by atoms with Gasteiger partial charge < -0.3 is 5.32 Å². The van der Waals surface area contributed by atoms with Crippen molar-refractivity contribution in [2.75, 3.05) is 12.4 Å². The molecule has 0 saturated heterocycles. The Morgan fingerprint density at radius 2 is 2.10 bits per heavy atom. The summed E-state index contributed by atoms with van der Waals surface area (Å²) in [5.74, 6) is 2.28. The first-order valence-corrected chi connectivity index (χ1v) is 9.02. The molecule has 0 aliphatic heterocycles. The van der Waals surface area contributed by atoms with Gasteiger partial charge in [0.15, 0.2) is 5.82 Å². The normalized spacial score (nSPS) is 15.8. The first-order valence-electron chi connectivity index (χ1n) is 6.68. The van der Waals surface area contributed by atoms with Gasteiger partial charge in [-0.05, 0) is 41.5 Å². The summed E-state index contributed by atoms with van der Waals surface area (Å²) in [7, 11) is 1.91. The predicted molar refractivity (Wildman–Crippen MR) is 93.8 cm³/mol. The van der Waals surface area contributed by atoms with Crippen molar-refractivity contribution in [2.45, 2.75) is 31.6 Å². The molecule has 1 N–H and O–H groups in total. The maximum absolute atomic E-state index is 6.02. The third kappa shape index (κ3) is 2.80. The van der Waals surface area contributed by atoms with Crippen LogP contribution in [0.2, 0.25) is 5.02 Å². The molecule has 106 valence electrons. The molecule has 6 heteroatoms. The smallest absolute Gasteiger partial charge is 0.171 e. The van der Waals surface area contributed by atoms with Gasteiger partial charge in [-0.3, -0.25) is 0 Å². The molecule has 0 bridgehead atoms. The molecule has 20 heavy (non-hydrogen) atoms. The van der Waals surface area contributed by atoms with Crippen molar-refractivity contribution in [1.82, 2.24) is 9.97 Å². The standard InChI is InChI=1S/C14H15ClIN3S/c1-17-14-11(16)12(8-4-2-3-5-8)18-13(19-14)10-6-9(15)7-20-10/h6-8H,2-5H2,1H3,(H,17,18,19). The Balaban J connectivity index is 2.09. The topological polar surface area (TPSA) is 37.8 Å². The Labute approximate surface area is 141 Å². The molecule has 0 spiro atoms.